The van der Waals surface area contributed by atoms with Crippen molar-refractivity contribution in [3.8, 4) is 0 Å². The van der Waals surface area contributed by atoms with Crippen LogP contribution in [0.4, 0.5) is 13.2 Å². The molecule has 1 aliphatic carbocycles. The number of rotatable bonds is 6. The first-order chi connectivity index (χ1) is 9.13. The summed E-state index contributed by atoms with van der Waals surface area (Å²) in [7, 11) is -3.13. The Morgan fingerprint density at radius 3 is 2.55 bits per heavy atom. The molecule has 120 valence electrons. The van der Waals surface area contributed by atoms with Gasteiger partial charge in [-0.1, -0.05) is 6.42 Å². The highest BCUT2D eigenvalue weighted by Crippen LogP contribution is 2.30. The Morgan fingerprint density at radius 2 is 2.05 bits per heavy atom. The van der Waals surface area contributed by atoms with Gasteiger partial charge in [0.2, 0.25) is 0 Å². The fourth-order valence-electron chi connectivity index (χ4n) is 2.56. The zero-order chi connectivity index (χ0) is 15.4. The molecule has 0 spiro atoms. The van der Waals surface area contributed by atoms with E-state index in [2.05, 4.69) is 10.2 Å². The van der Waals surface area contributed by atoms with Crippen LogP contribution < -0.4 is 11.3 Å². The maximum Gasteiger partial charge on any atom is 0.411 e. The third-order valence-corrected chi connectivity index (χ3v) is 5.26. The van der Waals surface area contributed by atoms with Crippen LogP contribution in [-0.2, 0) is 14.6 Å². The van der Waals surface area contributed by atoms with Gasteiger partial charge in [-0.3, -0.25) is 11.3 Å². The SMILES string of the molecule is CS(=O)(=O)C1CCCC(C(COCC(F)(F)F)NN)C1. The third kappa shape index (κ3) is 5.94. The second-order valence-corrected chi connectivity index (χ2v) is 7.61. The highest BCUT2D eigenvalue weighted by molar-refractivity contribution is 7.91. The van der Waals surface area contributed by atoms with E-state index in [0.717, 1.165) is 12.8 Å². The van der Waals surface area contributed by atoms with Gasteiger partial charge in [0.05, 0.1) is 11.9 Å². The molecule has 3 N–H and O–H groups in total. The van der Waals surface area contributed by atoms with E-state index in [9.17, 15) is 21.6 Å². The normalized spacial score (nSPS) is 26.4. The minimum absolute atomic E-state index is 0.0956. The van der Waals surface area contributed by atoms with Crippen molar-refractivity contribution >= 4 is 9.84 Å². The summed E-state index contributed by atoms with van der Waals surface area (Å²) in [6.45, 7) is -1.51. The van der Waals surface area contributed by atoms with Gasteiger partial charge in [-0.2, -0.15) is 13.2 Å². The largest absolute Gasteiger partial charge is 0.411 e. The molecule has 0 saturated heterocycles. The fraction of sp³-hybridized carbons (Fsp3) is 1.00. The van der Waals surface area contributed by atoms with Gasteiger partial charge in [-0.05, 0) is 25.2 Å². The minimum atomic E-state index is -4.37. The highest BCUT2D eigenvalue weighted by atomic mass is 32.2. The topological polar surface area (TPSA) is 81.4 Å². The molecule has 1 saturated carbocycles. The first kappa shape index (κ1) is 17.7. The van der Waals surface area contributed by atoms with E-state index in [4.69, 9.17) is 5.84 Å². The number of alkyl halides is 3. The summed E-state index contributed by atoms with van der Waals surface area (Å²) < 4.78 is 63.8. The van der Waals surface area contributed by atoms with Crippen molar-refractivity contribution in [2.75, 3.05) is 19.5 Å². The summed E-state index contributed by atoms with van der Waals surface area (Å²) in [5, 5.41) is -0.445. The summed E-state index contributed by atoms with van der Waals surface area (Å²) in [6, 6.07) is -0.470. The Morgan fingerprint density at radius 1 is 1.40 bits per heavy atom. The lowest BCUT2D eigenvalue weighted by atomic mass is 9.84. The van der Waals surface area contributed by atoms with E-state index < -0.39 is 33.9 Å². The van der Waals surface area contributed by atoms with Crippen LogP contribution in [0.5, 0.6) is 0 Å². The van der Waals surface area contributed by atoms with Gasteiger partial charge in [-0.15, -0.1) is 0 Å². The molecule has 1 rings (SSSR count). The molecule has 0 aliphatic heterocycles. The van der Waals surface area contributed by atoms with Gasteiger partial charge in [-0.25, -0.2) is 8.42 Å². The van der Waals surface area contributed by atoms with Gasteiger partial charge in [0, 0.05) is 12.3 Å². The van der Waals surface area contributed by atoms with Crippen LogP contribution in [0.2, 0.25) is 0 Å². The second kappa shape index (κ2) is 7.06. The average molecular weight is 318 g/mol. The molecule has 0 aromatic heterocycles. The van der Waals surface area contributed by atoms with E-state index in [1.807, 2.05) is 0 Å². The van der Waals surface area contributed by atoms with Crippen molar-refractivity contribution in [3.05, 3.63) is 0 Å². The quantitative estimate of drug-likeness (QED) is 0.564. The minimum Gasteiger partial charge on any atom is -0.370 e. The van der Waals surface area contributed by atoms with E-state index in [0.29, 0.717) is 12.8 Å². The number of hydrogen-bond donors (Lipinski definition) is 2. The van der Waals surface area contributed by atoms with E-state index in [1.54, 1.807) is 0 Å². The zero-order valence-corrected chi connectivity index (χ0v) is 12.1. The van der Waals surface area contributed by atoms with Gasteiger partial charge in [0.15, 0.2) is 0 Å². The molecule has 0 aromatic rings. The number of halogens is 3. The Hall–Kier alpha value is -0.380. The number of nitrogens with one attached hydrogen (secondary N) is 1. The van der Waals surface area contributed by atoms with Crippen LogP contribution in [0.1, 0.15) is 25.7 Å². The summed E-state index contributed by atoms with van der Waals surface area (Å²) >= 11 is 0. The van der Waals surface area contributed by atoms with Crippen molar-refractivity contribution in [2.24, 2.45) is 11.8 Å². The molecular weight excluding hydrogens is 297 g/mol. The molecule has 3 unspecified atom stereocenters. The molecule has 3 atom stereocenters. The molecule has 0 radical (unpaired) electrons. The van der Waals surface area contributed by atoms with Crippen LogP contribution >= 0.6 is 0 Å². The number of nitrogens with two attached hydrogens (primary N) is 1. The van der Waals surface area contributed by atoms with Crippen LogP contribution in [0.3, 0.4) is 0 Å². The maximum absolute atomic E-state index is 12.0. The van der Waals surface area contributed by atoms with Crippen LogP contribution in [0, 0.1) is 5.92 Å². The predicted octanol–water partition coefficient (Wildman–Crippen LogP) is 1.00. The number of ether oxygens (including phenoxy) is 1. The molecule has 20 heavy (non-hydrogen) atoms. The molecular formula is C11H21F3N2O3S. The number of sulfone groups is 1. The predicted molar refractivity (Wildman–Crippen MR) is 68.6 cm³/mol. The summed E-state index contributed by atoms with van der Waals surface area (Å²) in [6.07, 6.45) is -0.735. The first-order valence-electron chi connectivity index (χ1n) is 6.43. The van der Waals surface area contributed by atoms with E-state index >= 15 is 0 Å². The Labute approximate surface area is 116 Å². The van der Waals surface area contributed by atoms with Crippen LogP contribution in [0.15, 0.2) is 0 Å². The third-order valence-electron chi connectivity index (χ3n) is 3.62. The standard InChI is InChI=1S/C11H21F3N2O3S/c1-20(17,18)9-4-2-3-8(5-9)10(16-15)6-19-7-11(12,13)14/h8-10,16H,2-7,15H2,1H3. The van der Waals surface area contributed by atoms with Gasteiger partial charge in [0.25, 0.3) is 0 Å². The van der Waals surface area contributed by atoms with Gasteiger partial charge >= 0.3 is 6.18 Å². The van der Waals surface area contributed by atoms with Gasteiger partial charge in [0.1, 0.15) is 16.4 Å². The molecule has 1 aliphatic rings. The van der Waals surface area contributed by atoms with Crippen molar-refractivity contribution in [1.29, 1.82) is 0 Å². The Balaban J connectivity index is 2.52. The number of hydrazine groups is 1. The maximum atomic E-state index is 12.0. The smallest absolute Gasteiger partial charge is 0.370 e. The molecule has 0 aromatic carbocycles. The van der Waals surface area contributed by atoms with Gasteiger partial charge < -0.3 is 4.74 Å². The molecule has 5 nitrogen and oxygen atoms in total. The van der Waals surface area contributed by atoms with Crippen LogP contribution in [-0.4, -0.2) is 45.4 Å². The van der Waals surface area contributed by atoms with E-state index in [1.165, 1.54) is 6.26 Å². The molecule has 0 amide bonds. The Bertz CT molecular complexity index is 400. The highest BCUT2D eigenvalue weighted by Gasteiger charge is 2.34. The zero-order valence-electron chi connectivity index (χ0n) is 11.3. The number of hydrogen-bond acceptors (Lipinski definition) is 5. The summed E-state index contributed by atoms with van der Waals surface area (Å²) in [5.41, 5.74) is 2.44. The van der Waals surface area contributed by atoms with Crippen molar-refractivity contribution in [3.63, 3.8) is 0 Å². The molecule has 0 heterocycles. The lowest BCUT2D eigenvalue weighted by Crippen LogP contribution is -2.47. The molecule has 0 bridgehead atoms. The van der Waals surface area contributed by atoms with E-state index in [-0.39, 0.29) is 12.5 Å². The summed E-state index contributed by atoms with van der Waals surface area (Å²) in [5.74, 6) is 5.25. The first-order valence-corrected chi connectivity index (χ1v) is 8.38. The van der Waals surface area contributed by atoms with Crippen molar-refractivity contribution in [2.45, 2.75) is 43.2 Å². The average Bonchev–Trinajstić information content (AvgIpc) is 2.32. The summed E-state index contributed by atoms with van der Waals surface area (Å²) in [4.78, 5) is 0. The monoisotopic (exact) mass is 318 g/mol. The Kier molecular flexibility index (Phi) is 6.24. The fourth-order valence-corrected chi connectivity index (χ4v) is 3.75. The van der Waals surface area contributed by atoms with Crippen molar-refractivity contribution in [1.82, 2.24) is 5.43 Å². The van der Waals surface area contributed by atoms with Crippen LogP contribution in [0.25, 0.3) is 0 Å². The molecule has 9 heteroatoms. The lowest BCUT2D eigenvalue weighted by Gasteiger charge is -2.33. The second-order valence-electron chi connectivity index (χ2n) is 5.28. The lowest BCUT2D eigenvalue weighted by molar-refractivity contribution is -0.176. The van der Waals surface area contributed by atoms with Crippen molar-refractivity contribution < 1.29 is 26.3 Å². The molecule has 1 fully saturated rings.